The molecule has 0 bridgehead atoms. The molecule has 13 nitrogen and oxygen atoms in total. The number of benzene rings is 5. The van der Waals surface area contributed by atoms with Crippen molar-refractivity contribution in [1.29, 1.82) is 0 Å². The maximum absolute atomic E-state index is 14.6. The van der Waals surface area contributed by atoms with Gasteiger partial charge in [0.1, 0.15) is 23.7 Å². The lowest BCUT2D eigenvalue weighted by molar-refractivity contribution is -0.0670. The first kappa shape index (κ1) is 122. The van der Waals surface area contributed by atoms with Crippen LogP contribution in [0.2, 0.25) is 0 Å². The lowest BCUT2D eigenvalue weighted by atomic mass is 9.86. The summed E-state index contributed by atoms with van der Waals surface area (Å²) in [7, 11) is -0.362. The first-order valence-corrected chi connectivity index (χ1v) is 57.2. The van der Waals surface area contributed by atoms with E-state index in [4.69, 9.17) is 47.4 Å². The molecule has 0 aromatic heterocycles. The molecule has 14 heteroatoms. The molecule has 0 spiro atoms. The van der Waals surface area contributed by atoms with Gasteiger partial charge in [-0.3, -0.25) is 0 Å². The molecule has 0 saturated heterocycles. The van der Waals surface area contributed by atoms with Crippen molar-refractivity contribution in [2.45, 2.75) is 422 Å². The van der Waals surface area contributed by atoms with E-state index >= 15 is 0 Å². The van der Waals surface area contributed by atoms with Gasteiger partial charge in [0.15, 0.2) is 9.84 Å². The third kappa shape index (κ3) is 59.4. The number of aliphatic hydroxyl groups excluding tert-OH is 1. The molecule has 778 valence electrons. The highest BCUT2D eigenvalue weighted by Crippen LogP contribution is 2.36. The molecule has 5 aromatic rings. The molecule has 1 N–H and O–H groups in total. The third-order valence-electron chi connectivity index (χ3n) is 30.1. The van der Waals surface area contributed by atoms with Crippen LogP contribution in [0.1, 0.15) is 390 Å². The smallest absolute Gasteiger partial charge is 0.184 e. The molecule has 0 heterocycles. The zero-order valence-electron chi connectivity index (χ0n) is 90.3. The zero-order chi connectivity index (χ0) is 98.6. The van der Waals surface area contributed by atoms with E-state index in [1.165, 1.54) is 215 Å². The Morgan fingerprint density at radius 3 is 0.735 bits per heavy atom. The SMILES string of the molecule is COc1ccc(COC[C@@H](C)CCC[C@@H](C)CCC[C@@H](C)CCC[C@@H](C)CCOC[C@@H](COCc2ccccc2)OCC[C@H](C)CCC[C@H](C)CCC[C@H](C)CCC[C@H](C)C(O)C([C@@H](C)CCC[C@@H](C)CCC[C@@H](C)CCC[C@@H](C)CCOC[C@@H](COCc2ccccc2)OCC[C@H](C)CCC[C@H](C)CCC[C@H](C)CCC[C@H](C)COCc2ccc(OC)cc2)S(=O)(=O)c2ccccc2)cc1. The average Bonchev–Trinajstić information content (AvgIpc) is 0.785. The van der Waals surface area contributed by atoms with Gasteiger partial charge in [0.05, 0.1) is 83.3 Å². The van der Waals surface area contributed by atoms with Gasteiger partial charge in [0.25, 0.3) is 0 Å². The van der Waals surface area contributed by atoms with Crippen LogP contribution in [0.25, 0.3) is 0 Å². The number of methoxy groups -OCH3 is 2. The fourth-order valence-corrected chi connectivity index (χ4v) is 22.2. The number of aliphatic hydroxyl groups is 1. The summed E-state index contributed by atoms with van der Waals surface area (Å²) in [5.41, 5.74) is 4.74. The van der Waals surface area contributed by atoms with Crippen LogP contribution in [0, 0.1) is 94.7 Å². The number of rotatable bonds is 89. The van der Waals surface area contributed by atoms with Gasteiger partial charge in [-0.2, -0.15) is 0 Å². The molecule has 0 aliphatic heterocycles. The fraction of sp³-hybridized carbons (Fsp3) is 0.754. The summed E-state index contributed by atoms with van der Waals surface area (Å²) in [4.78, 5) is 0.322. The fourth-order valence-electron chi connectivity index (χ4n) is 20.0. The minimum Gasteiger partial charge on any atom is -0.497 e. The Balaban J connectivity index is 0.881. The molecule has 20 atom stereocenters. The molecule has 5 aromatic carbocycles. The van der Waals surface area contributed by atoms with Crippen molar-refractivity contribution in [2.75, 3.05) is 80.3 Å². The maximum atomic E-state index is 14.6. The molecule has 2 unspecified atom stereocenters. The van der Waals surface area contributed by atoms with Crippen LogP contribution in [0.3, 0.4) is 0 Å². The predicted octanol–water partition coefficient (Wildman–Crippen LogP) is 32.7. The van der Waals surface area contributed by atoms with Crippen molar-refractivity contribution in [3.63, 3.8) is 0 Å². The molecule has 0 aliphatic carbocycles. The molecule has 136 heavy (non-hydrogen) atoms. The Kier molecular flexibility index (Phi) is 68.0. The van der Waals surface area contributed by atoms with E-state index in [2.05, 4.69) is 196 Å². The van der Waals surface area contributed by atoms with Gasteiger partial charge in [0, 0.05) is 39.6 Å². The lowest BCUT2D eigenvalue weighted by Gasteiger charge is -2.32. The lowest BCUT2D eigenvalue weighted by Crippen LogP contribution is -2.43. The molecular formula is C122H206O13S. The molecule has 5 rings (SSSR count). The molecule has 0 amide bonds. The third-order valence-corrected chi connectivity index (χ3v) is 32.5. The Morgan fingerprint density at radius 1 is 0.235 bits per heavy atom. The van der Waals surface area contributed by atoms with E-state index in [9.17, 15) is 13.5 Å². The van der Waals surface area contributed by atoms with Gasteiger partial charge in [0.2, 0.25) is 0 Å². The topological polar surface area (TPSA) is 147 Å². The van der Waals surface area contributed by atoms with E-state index in [0.29, 0.717) is 117 Å². The second-order valence-corrected chi connectivity index (χ2v) is 46.5. The Labute approximate surface area is 836 Å². The van der Waals surface area contributed by atoms with Gasteiger partial charge >= 0.3 is 0 Å². The van der Waals surface area contributed by atoms with E-state index < -0.39 is 21.2 Å². The highest BCUT2D eigenvalue weighted by atomic mass is 32.2. The summed E-state index contributed by atoms with van der Waals surface area (Å²) in [6, 6.07) is 46.1. The maximum Gasteiger partial charge on any atom is 0.184 e. The molecule has 0 fully saturated rings. The van der Waals surface area contributed by atoms with Crippen molar-refractivity contribution >= 4 is 9.84 Å². The summed E-state index contributed by atoms with van der Waals surface area (Å²) in [5, 5.41) is 11.3. The standard InChI is InChI=1S/C122H206O13S/c1-96(40-28-44-100(5)52-36-60-108(13)86-130-90-114-70-74-116(126-17)75-71-114)48-32-54-104(9)78-82-128-92-119(95-133-89-113-66-24-20-25-67-113)135-85-81-107(12)57-35-51-99(4)42-30-46-102(7)58-38-62-110(15)121(123)122(136(124,125)120-68-26-21-27-69-120)111(16)63-39-59-103(8)47-31-43-97(2)49-33-55-105(10)79-83-129-93-118(94-132-88-112-64-22-19-23-65-112)134-84-80-106(11)56-34-50-98(3)41-29-45-101(6)53-37-61-109(14)87-131-91-115-72-76-117(127-18)77-73-115/h19-27,64-77,96-111,118-119,121-123H,28-63,78-95H2,1-18H3/t96-,97-,98-,99-,100+,101+,102+,103+,104-,105-,106-,107-,108+,109+,110+,111+,118+,119+,121?,122?/m1/s1. The minimum atomic E-state index is -3.77. The summed E-state index contributed by atoms with van der Waals surface area (Å²) in [6.07, 6.45) is 47.1. The van der Waals surface area contributed by atoms with Crippen molar-refractivity contribution in [3.05, 3.63) is 162 Å². The molecule has 0 radical (unpaired) electrons. The molecule has 0 aliphatic rings. The van der Waals surface area contributed by atoms with Crippen LogP contribution < -0.4 is 9.47 Å². The zero-order valence-corrected chi connectivity index (χ0v) is 91.1. The van der Waals surface area contributed by atoms with Gasteiger partial charge in [-0.1, -0.05) is 419 Å². The summed E-state index contributed by atoms with van der Waals surface area (Å²) in [6.45, 7) is 47.1. The van der Waals surface area contributed by atoms with E-state index in [0.717, 1.165) is 139 Å². The number of sulfone groups is 1. The first-order chi connectivity index (χ1) is 65.7. The second-order valence-electron chi connectivity index (χ2n) is 44.4. The van der Waals surface area contributed by atoms with E-state index in [1.807, 2.05) is 42.5 Å². The van der Waals surface area contributed by atoms with Crippen LogP contribution in [0.15, 0.2) is 144 Å². The number of ether oxygens (including phenoxy) is 10. The molecular weight excluding hydrogens is 1710 g/mol. The van der Waals surface area contributed by atoms with Gasteiger partial charge < -0.3 is 52.5 Å². The van der Waals surface area contributed by atoms with Crippen LogP contribution in [-0.4, -0.2) is 117 Å². The van der Waals surface area contributed by atoms with E-state index in [-0.39, 0.29) is 24.0 Å². The van der Waals surface area contributed by atoms with Crippen molar-refractivity contribution in [2.24, 2.45) is 94.7 Å². The van der Waals surface area contributed by atoms with Crippen LogP contribution in [0.4, 0.5) is 0 Å². The van der Waals surface area contributed by atoms with Crippen LogP contribution in [-0.2, 0) is 74.2 Å². The highest BCUT2D eigenvalue weighted by Gasteiger charge is 2.40. The second kappa shape index (κ2) is 76.0. The summed E-state index contributed by atoms with van der Waals surface area (Å²) < 4.78 is 90.0. The Morgan fingerprint density at radius 2 is 0.456 bits per heavy atom. The number of hydrogen-bond acceptors (Lipinski definition) is 13. The first-order valence-electron chi connectivity index (χ1n) is 55.7. The quantitative estimate of drug-likeness (QED) is 0.0369. The predicted molar refractivity (Wildman–Crippen MR) is 573 cm³/mol. The van der Waals surface area contributed by atoms with Crippen LogP contribution in [0.5, 0.6) is 11.5 Å². The summed E-state index contributed by atoms with van der Waals surface area (Å²) in [5.74, 6) is 10.8. The van der Waals surface area contributed by atoms with Crippen molar-refractivity contribution in [1.82, 2.24) is 0 Å². The monoisotopic (exact) mass is 1910 g/mol. The van der Waals surface area contributed by atoms with Crippen molar-refractivity contribution < 1.29 is 60.9 Å². The van der Waals surface area contributed by atoms with E-state index in [1.54, 1.807) is 26.4 Å². The summed E-state index contributed by atoms with van der Waals surface area (Å²) >= 11 is 0. The van der Waals surface area contributed by atoms with Gasteiger partial charge in [-0.25, -0.2) is 8.42 Å². The average molecular weight is 1910 g/mol. The van der Waals surface area contributed by atoms with Crippen molar-refractivity contribution in [3.8, 4) is 11.5 Å². The largest absolute Gasteiger partial charge is 0.497 e. The van der Waals surface area contributed by atoms with Gasteiger partial charge in [-0.15, -0.1) is 0 Å². The van der Waals surface area contributed by atoms with Crippen LogP contribution >= 0.6 is 0 Å². The minimum absolute atomic E-state index is 0.0807. The van der Waals surface area contributed by atoms with Gasteiger partial charge in [-0.05, 0) is 205 Å². The normalized spacial score (nSPS) is 16.6. The Bertz CT molecular complexity index is 3660. The molecule has 0 saturated carbocycles. The Hall–Kier alpha value is -4.71. The number of hydrogen-bond donors (Lipinski definition) is 1. The highest BCUT2D eigenvalue weighted by molar-refractivity contribution is 7.92.